The summed E-state index contributed by atoms with van der Waals surface area (Å²) < 4.78 is 12.9. The lowest BCUT2D eigenvalue weighted by molar-refractivity contribution is 0.0356. The van der Waals surface area contributed by atoms with Crippen molar-refractivity contribution in [3.8, 4) is 0 Å². The van der Waals surface area contributed by atoms with Crippen LogP contribution in [0.25, 0.3) is 10.2 Å². The van der Waals surface area contributed by atoms with Gasteiger partial charge in [-0.1, -0.05) is 6.92 Å². The van der Waals surface area contributed by atoms with Crippen LogP contribution < -0.4 is 5.56 Å². The monoisotopic (exact) mass is 308 g/mol. The lowest BCUT2D eigenvalue weighted by Gasteiger charge is -2.19. The topological polar surface area (TPSA) is 53.4 Å². The van der Waals surface area contributed by atoms with Gasteiger partial charge in [0.05, 0.1) is 31.0 Å². The number of hydrogen-bond acceptors (Lipinski definition) is 5. The van der Waals surface area contributed by atoms with Gasteiger partial charge in [0, 0.05) is 11.5 Å². The molecule has 0 saturated carbocycles. The Labute approximate surface area is 127 Å². The van der Waals surface area contributed by atoms with Crippen molar-refractivity contribution in [3.05, 3.63) is 27.1 Å². The van der Waals surface area contributed by atoms with Crippen LogP contribution >= 0.6 is 11.3 Å². The Morgan fingerprint density at radius 2 is 2.29 bits per heavy atom. The molecule has 2 aromatic heterocycles. The van der Waals surface area contributed by atoms with Crippen molar-refractivity contribution in [1.82, 2.24) is 9.55 Å². The third-order valence-electron chi connectivity index (χ3n) is 4.03. The number of nitrogens with zero attached hydrogens (tertiary/aromatic N) is 2. The highest BCUT2D eigenvalue weighted by molar-refractivity contribution is 7.18. The van der Waals surface area contributed by atoms with Crippen LogP contribution in [0, 0.1) is 6.92 Å². The number of aryl methyl sites for hydroxylation is 2. The first-order valence-corrected chi connectivity index (χ1v) is 8.17. The van der Waals surface area contributed by atoms with E-state index in [2.05, 4.69) is 18.8 Å². The molecule has 3 rings (SSSR count). The Morgan fingerprint density at radius 3 is 3.00 bits per heavy atom. The van der Waals surface area contributed by atoms with Crippen LogP contribution in [0.1, 0.15) is 30.3 Å². The average Bonchev–Trinajstić information content (AvgIpc) is 3.04. The van der Waals surface area contributed by atoms with Gasteiger partial charge in [-0.05, 0) is 25.8 Å². The van der Waals surface area contributed by atoms with Gasteiger partial charge < -0.3 is 9.47 Å². The van der Waals surface area contributed by atoms with E-state index in [0.717, 1.165) is 22.2 Å². The normalized spacial score (nSPS) is 22.2. The predicted octanol–water partition coefficient (Wildman–Crippen LogP) is 2.31. The van der Waals surface area contributed by atoms with Crippen molar-refractivity contribution in [3.63, 3.8) is 0 Å². The van der Waals surface area contributed by atoms with Crippen molar-refractivity contribution in [2.75, 3.05) is 19.8 Å². The maximum absolute atomic E-state index is 12.9. The fourth-order valence-electron chi connectivity index (χ4n) is 2.99. The van der Waals surface area contributed by atoms with Crippen molar-refractivity contribution in [2.45, 2.75) is 39.3 Å². The zero-order chi connectivity index (χ0) is 15.0. The highest BCUT2D eigenvalue weighted by Gasteiger charge is 2.31. The molecule has 0 amide bonds. The van der Waals surface area contributed by atoms with E-state index in [9.17, 15) is 4.79 Å². The van der Waals surface area contributed by atoms with Crippen LogP contribution in [0.15, 0.2) is 11.1 Å². The molecule has 0 aliphatic carbocycles. The maximum Gasteiger partial charge on any atom is 0.262 e. The molecule has 0 N–H and O–H groups in total. The van der Waals surface area contributed by atoms with Crippen molar-refractivity contribution in [1.29, 1.82) is 0 Å². The minimum atomic E-state index is -0.0840. The Bertz CT molecular complexity index is 707. The summed E-state index contributed by atoms with van der Waals surface area (Å²) in [7, 11) is 0. The highest BCUT2D eigenvalue weighted by atomic mass is 32.1. The van der Waals surface area contributed by atoms with Gasteiger partial charge in [-0.25, -0.2) is 4.98 Å². The molecular weight excluding hydrogens is 288 g/mol. The molecule has 2 aromatic rings. The van der Waals surface area contributed by atoms with Crippen molar-refractivity contribution < 1.29 is 9.47 Å². The number of ether oxygens (including phenoxy) is 2. The van der Waals surface area contributed by atoms with E-state index in [0.29, 0.717) is 19.8 Å². The van der Waals surface area contributed by atoms with Gasteiger partial charge in [-0.15, -0.1) is 11.3 Å². The third kappa shape index (κ3) is 2.41. The zero-order valence-electron chi connectivity index (χ0n) is 12.6. The van der Waals surface area contributed by atoms with Crippen molar-refractivity contribution >= 4 is 21.6 Å². The van der Waals surface area contributed by atoms with Crippen LogP contribution in [0.4, 0.5) is 0 Å². The van der Waals surface area contributed by atoms with Crippen molar-refractivity contribution in [2.24, 2.45) is 0 Å². The quantitative estimate of drug-likeness (QED) is 0.870. The van der Waals surface area contributed by atoms with Crippen LogP contribution in [-0.2, 0) is 15.9 Å². The summed E-state index contributed by atoms with van der Waals surface area (Å²) in [6.45, 7) is 7.74. The molecule has 0 bridgehead atoms. The lowest BCUT2D eigenvalue weighted by Crippen LogP contribution is -2.33. The molecule has 114 valence electrons. The van der Waals surface area contributed by atoms with Crippen LogP contribution in [0.3, 0.4) is 0 Å². The van der Waals surface area contributed by atoms with Gasteiger partial charge in [0.25, 0.3) is 5.56 Å². The first-order chi connectivity index (χ1) is 10.2. The molecule has 2 atom stereocenters. The van der Waals surface area contributed by atoms with E-state index in [1.54, 1.807) is 22.2 Å². The van der Waals surface area contributed by atoms with E-state index in [1.807, 2.05) is 6.92 Å². The van der Waals surface area contributed by atoms with Crippen LogP contribution in [-0.4, -0.2) is 35.5 Å². The Morgan fingerprint density at radius 1 is 1.48 bits per heavy atom. The highest BCUT2D eigenvalue weighted by Crippen LogP contribution is 2.28. The van der Waals surface area contributed by atoms with Crippen LogP contribution in [0.5, 0.6) is 0 Å². The van der Waals surface area contributed by atoms with Gasteiger partial charge in [0.1, 0.15) is 10.9 Å². The molecule has 5 nitrogen and oxygen atoms in total. The smallest absolute Gasteiger partial charge is 0.262 e. The summed E-state index contributed by atoms with van der Waals surface area (Å²) in [6.07, 6.45) is 2.42. The first kappa shape index (κ1) is 14.7. The molecule has 6 heteroatoms. The SMILES string of the molecule is CCO[C@H]1COC[C@@H]1n1cnc2sc(C)c(CC)c2c1=O. The zero-order valence-corrected chi connectivity index (χ0v) is 13.4. The van der Waals surface area contributed by atoms with Gasteiger partial charge in [0.15, 0.2) is 0 Å². The summed E-state index contributed by atoms with van der Waals surface area (Å²) in [5.74, 6) is 0. The van der Waals surface area contributed by atoms with Gasteiger partial charge in [-0.2, -0.15) is 0 Å². The lowest BCUT2D eigenvalue weighted by atomic mass is 10.1. The minimum Gasteiger partial charge on any atom is -0.376 e. The van der Waals surface area contributed by atoms with E-state index in [-0.39, 0.29) is 17.7 Å². The largest absolute Gasteiger partial charge is 0.376 e. The second-order valence-corrected chi connectivity index (χ2v) is 6.43. The summed E-state index contributed by atoms with van der Waals surface area (Å²) in [4.78, 5) is 19.4. The van der Waals surface area contributed by atoms with E-state index < -0.39 is 0 Å². The van der Waals surface area contributed by atoms with Gasteiger partial charge >= 0.3 is 0 Å². The number of hydrogen-bond donors (Lipinski definition) is 0. The van der Waals surface area contributed by atoms with E-state index >= 15 is 0 Å². The van der Waals surface area contributed by atoms with Gasteiger partial charge in [-0.3, -0.25) is 9.36 Å². The summed E-state index contributed by atoms with van der Waals surface area (Å²) >= 11 is 1.59. The predicted molar refractivity (Wildman–Crippen MR) is 83.3 cm³/mol. The maximum atomic E-state index is 12.9. The fourth-order valence-corrected chi connectivity index (χ4v) is 4.06. The molecular formula is C15H20N2O3S. The molecule has 1 aliphatic rings. The standard InChI is InChI=1S/C15H20N2O3S/c1-4-10-9(3)21-14-13(10)15(18)17(8-16-14)11-6-19-7-12(11)20-5-2/h8,11-12H,4-7H2,1-3H3/t11-,12-/m0/s1. The van der Waals surface area contributed by atoms with E-state index in [4.69, 9.17) is 9.47 Å². The van der Waals surface area contributed by atoms with E-state index in [1.165, 1.54) is 4.88 Å². The number of aromatic nitrogens is 2. The molecule has 0 unspecified atom stereocenters. The molecule has 0 spiro atoms. The molecule has 1 saturated heterocycles. The molecule has 1 aliphatic heterocycles. The van der Waals surface area contributed by atoms with Crippen LogP contribution in [0.2, 0.25) is 0 Å². The Balaban J connectivity index is 2.11. The second kappa shape index (κ2) is 5.87. The summed E-state index contributed by atoms with van der Waals surface area (Å²) in [5, 5.41) is 0.768. The minimum absolute atomic E-state index is 0.0291. The van der Waals surface area contributed by atoms with Gasteiger partial charge in [0.2, 0.25) is 0 Å². The third-order valence-corrected chi connectivity index (χ3v) is 5.09. The second-order valence-electron chi connectivity index (χ2n) is 5.23. The average molecular weight is 308 g/mol. The number of thiophene rings is 1. The first-order valence-electron chi connectivity index (χ1n) is 7.35. The Kier molecular flexibility index (Phi) is 4.10. The molecule has 0 aromatic carbocycles. The summed E-state index contributed by atoms with van der Waals surface area (Å²) in [5.41, 5.74) is 1.15. The Hall–Kier alpha value is -1.24. The molecule has 1 fully saturated rings. The number of fused-ring (bicyclic) bond motifs is 1. The summed E-state index contributed by atoms with van der Waals surface area (Å²) in [6, 6.07) is -0.0840. The fraction of sp³-hybridized carbons (Fsp3) is 0.600. The molecule has 0 radical (unpaired) electrons. The number of rotatable bonds is 4. The molecule has 3 heterocycles. The molecule has 21 heavy (non-hydrogen) atoms.